The fraction of sp³-hybridized carbons (Fsp3) is 0.875. The molecule has 1 amide bonds. The lowest BCUT2D eigenvalue weighted by atomic mass is 10.2. The van der Waals surface area contributed by atoms with Crippen molar-refractivity contribution < 1.29 is 13.6 Å². The van der Waals surface area contributed by atoms with Gasteiger partial charge in [0, 0.05) is 31.5 Å². The van der Waals surface area contributed by atoms with Crippen LogP contribution >= 0.6 is 0 Å². The molecule has 1 aliphatic rings. The Morgan fingerprint density at radius 1 is 1.69 bits per heavy atom. The van der Waals surface area contributed by atoms with Crippen molar-refractivity contribution >= 4 is 5.91 Å². The van der Waals surface area contributed by atoms with E-state index in [2.05, 4.69) is 0 Å². The van der Waals surface area contributed by atoms with Crippen LogP contribution in [0.3, 0.4) is 0 Å². The molecule has 1 fully saturated rings. The fourth-order valence-electron chi connectivity index (χ4n) is 1.57. The van der Waals surface area contributed by atoms with Crippen molar-refractivity contribution in [2.24, 2.45) is 5.73 Å². The second-order valence-corrected chi connectivity index (χ2v) is 3.49. The second kappa shape index (κ2) is 4.00. The van der Waals surface area contributed by atoms with E-state index in [1.165, 1.54) is 4.90 Å². The van der Waals surface area contributed by atoms with E-state index in [0.717, 1.165) is 0 Å². The zero-order valence-corrected chi connectivity index (χ0v) is 7.54. The van der Waals surface area contributed by atoms with Crippen LogP contribution in [0.4, 0.5) is 8.78 Å². The monoisotopic (exact) mass is 192 g/mol. The zero-order valence-electron chi connectivity index (χ0n) is 7.54. The molecule has 2 atom stereocenters. The molecule has 76 valence electrons. The molecule has 0 aromatic carbocycles. The Kier molecular flexibility index (Phi) is 3.19. The third-order valence-electron chi connectivity index (χ3n) is 2.24. The van der Waals surface area contributed by atoms with Gasteiger partial charge in [0.05, 0.1) is 0 Å². The average Bonchev–Trinajstić information content (AvgIpc) is 2.28. The lowest BCUT2D eigenvalue weighted by molar-refractivity contribution is -0.129. The molecule has 2 unspecified atom stereocenters. The second-order valence-electron chi connectivity index (χ2n) is 3.49. The van der Waals surface area contributed by atoms with Crippen molar-refractivity contribution in [1.29, 1.82) is 0 Å². The minimum atomic E-state index is -2.36. The first-order chi connectivity index (χ1) is 6.00. The SMILES string of the molecule is CC(CC(F)F)N1CC(N)CC1=O. The van der Waals surface area contributed by atoms with Crippen molar-refractivity contribution in [3.63, 3.8) is 0 Å². The third kappa shape index (κ3) is 2.62. The molecule has 5 heteroatoms. The summed E-state index contributed by atoms with van der Waals surface area (Å²) >= 11 is 0. The van der Waals surface area contributed by atoms with E-state index in [9.17, 15) is 13.6 Å². The van der Waals surface area contributed by atoms with Crippen LogP contribution in [-0.2, 0) is 4.79 Å². The van der Waals surface area contributed by atoms with Crippen LogP contribution < -0.4 is 5.73 Å². The van der Waals surface area contributed by atoms with Gasteiger partial charge in [0.25, 0.3) is 0 Å². The predicted octanol–water partition coefficient (Wildman–Crippen LogP) is 0.590. The minimum absolute atomic E-state index is 0.111. The lowest BCUT2D eigenvalue weighted by Crippen LogP contribution is -2.37. The molecule has 0 bridgehead atoms. The fourth-order valence-corrected chi connectivity index (χ4v) is 1.57. The summed E-state index contributed by atoms with van der Waals surface area (Å²) in [6.45, 7) is 2.04. The van der Waals surface area contributed by atoms with Gasteiger partial charge in [-0.25, -0.2) is 8.78 Å². The quantitative estimate of drug-likeness (QED) is 0.711. The van der Waals surface area contributed by atoms with Gasteiger partial charge in [-0.1, -0.05) is 0 Å². The highest BCUT2D eigenvalue weighted by Gasteiger charge is 2.31. The molecule has 1 saturated heterocycles. The van der Waals surface area contributed by atoms with Gasteiger partial charge in [0.1, 0.15) is 0 Å². The van der Waals surface area contributed by atoms with Gasteiger partial charge >= 0.3 is 0 Å². The van der Waals surface area contributed by atoms with Crippen LogP contribution in [-0.4, -0.2) is 35.9 Å². The van der Waals surface area contributed by atoms with Crippen LogP contribution in [0.15, 0.2) is 0 Å². The summed E-state index contributed by atoms with van der Waals surface area (Å²) in [6.07, 6.45) is -2.34. The van der Waals surface area contributed by atoms with Gasteiger partial charge in [-0.2, -0.15) is 0 Å². The molecule has 0 aliphatic carbocycles. The van der Waals surface area contributed by atoms with Crippen LogP contribution in [0.25, 0.3) is 0 Å². The van der Waals surface area contributed by atoms with Crippen molar-refractivity contribution in [2.45, 2.75) is 38.3 Å². The third-order valence-corrected chi connectivity index (χ3v) is 2.24. The summed E-state index contributed by atoms with van der Waals surface area (Å²) in [7, 11) is 0. The van der Waals surface area contributed by atoms with E-state index in [1.807, 2.05) is 0 Å². The molecule has 0 saturated carbocycles. The molecule has 2 N–H and O–H groups in total. The number of likely N-dealkylation sites (tertiary alicyclic amines) is 1. The summed E-state index contributed by atoms with van der Waals surface area (Å²) in [6, 6.07) is -0.589. The Morgan fingerprint density at radius 2 is 2.31 bits per heavy atom. The number of carbonyl (C=O) groups is 1. The minimum Gasteiger partial charge on any atom is -0.338 e. The van der Waals surface area contributed by atoms with Crippen LogP contribution in [0, 0.1) is 0 Å². The van der Waals surface area contributed by atoms with Crippen molar-refractivity contribution in [3.05, 3.63) is 0 Å². The molecule has 1 rings (SSSR count). The van der Waals surface area contributed by atoms with E-state index < -0.39 is 12.5 Å². The van der Waals surface area contributed by atoms with E-state index in [4.69, 9.17) is 5.73 Å². The number of hydrogen-bond acceptors (Lipinski definition) is 2. The summed E-state index contributed by atoms with van der Waals surface area (Å²) < 4.78 is 24.0. The molecule has 0 radical (unpaired) electrons. The van der Waals surface area contributed by atoms with Gasteiger partial charge in [-0.05, 0) is 6.92 Å². The maximum Gasteiger partial charge on any atom is 0.240 e. The molecular formula is C8H14F2N2O. The van der Waals surface area contributed by atoms with Gasteiger partial charge in [-0.3, -0.25) is 4.79 Å². The van der Waals surface area contributed by atoms with E-state index in [-0.39, 0.29) is 24.8 Å². The van der Waals surface area contributed by atoms with Crippen molar-refractivity contribution in [2.75, 3.05) is 6.54 Å². The predicted molar refractivity (Wildman–Crippen MR) is 44.4 cm³/mol. The number of nitrogens with zero attached hydrogens (tertiary/aromatic N) is 1. The number of halogens is 2. The van der Waals surface area contributed by atoms with Crippen molar-refractivity contribution in [1.82, 2.24) is 4.90 Å². The molecule has 0 aromatic heterocycles. The number of hydrogen-bond donors (Lipinski definition) is 1. The first kappa shape index (κ1) is 10.4. The zero-order chi connectivity index (χ0) is 10.0. The number of carbonyl (C=O) groups excluding carboxylic acids is 1. The summed E-state index contributed by atoms with van der Waals surface area (Å²) in [5.41, 5.74) is 5.53. The van der Waals surface area contributed by atoms with Crippen LogP contribution in [0.5, 0.6) is 0 Å². The number of rotatable bonds is 3. The van der Waals surface area contributed by atoms with E-state index in [1.54, 1.807) is 6.92 Å². The number of nitrogens with two attached hydrogens (primary N) is 1. The Balaban J connectivity index is 2.47. The average molecular weight is 192 g/mol. The highest BCUT2D eigenvalue weighted by atomic mass is 19.3. The van der Waals surface area contributed by atoms with E-state index in [0.29, 0.717) is 6.54 Å². The normalized spacial score (nSPS) is 25.8. The summed E-state index contributed by atoms with van der Waals surface area (Å²) in [5.74, 6) is -0.111. The van der Waals surface area contributed by atoms with Gasteiger partial charge in [-0.15, -0.1) is 0 Å². The molecule has 0 spiro atoms. The highest BCUT2D eigenvalue weighted by Crippen LogP contribution is 2.17. The van der Waals surface area contributed by atoms with Gasteiger partial charge in [0.2, 0.25) is 12.3 Å². The first-order valence-corrected chi connectivity index (χ1v) is 4.34. The largest absolute Gasteiger partial charge is 0.338 e. The molecular weight excluding hydrogens is 178 g/mol. The van der Waals surface area contributed by atoms with Gasteiger partial charge < -0.3 is 10.6 Å². The molecule has 3 nitrogen and oxygen atoms in total. The smallest absolute Gasteiger partial charge is 0.240 e. The maximum absolute atomic E-state index is 12.0. The highest BCUT2D eigenvalue weighted by molar-refractivity contribution is 5.79. The summed E-state index contributed by atoms with van der Waals surface area (Å²) in [4.78, 5) is 12.6. The van der Waals surface area contributed by atoms with Crippen LogP contribution in [0.2, 0.25) is 0 Å². The van der Waals surface area contributed by atoms with Gasteiger partial charge in [0.15, 0.2) is 0 Å². The topological polar surface area (TPSA) is 46.3 Å². The number of alkyl halides is 2. The Hall–Kier alpha value is -0.710. The summed E-state index contributed by atoms with van der Waals surface area (Å²) in [5, 5.41) is 0. The standard InChI is InChI=1S/C8H14F2N2O/c1-5(2-7(9)10)12-4-6(11)3-8(12)13/h5-7H,2-4,11H2,1H3. The molecule has 0 aromatic rings. The Bertz CT molecular complexity index is 199. The first-order valence-electron chi connectivity index (χ1n) is 4.34. The number of amides is 1. The Labute approximate surface area is 75.9 Å². The lowest BCUT2D eigenvalue weighted by Gasteiger charge is -2.23. The van der Waals surface area contributed by atoms with E-state index >= 15 is 0 Å². The Morgan fingerprint density at radius 3 is 2.69 bits per heavy atom. The molecule has 1 aliphatic heterocycles. The maximum atomic E-state index is 12.0. The van der Waals surface area contributed by atoms with Crippen LogP contribution in [0.1, 0.15) is 19.8 Å². The van der Waals surface area contributed by atoms with Crippen molar-refractivity contribution in [3.8, 4) is 0 Å². The molecule has 13 heavy (non-hydrogen) atoms. The molecule has 1 heterocycles.